The highest BCUT2D eigenvalue weighted by atomic mass is 16.5. The second kappa shape index (κ2) is 5.69. The van der Waals surface area contributed by atoms with Crippen molar-refractivity contribution in [3.63, 3.8) is 0 Å². The van der Waals surface area contributed by atoms with Crippen LogP contribution in [0.4, 0.5) is 0 Å². The number of rotatable bonds is 4. The van der Waals surface area contributed by atoms with Crippen molar-refractivity contribution in [2.75, 3.05) is 6.54 Å². The molecule has 7 nitrogen and oxygen atoms in total. The van der Waals surface area contributed by atoms with E-state index in [0.29, 0.717) is 24.0 Å². The number of furan rings is 1. The van der Waals surface area contributed by atoms with E-state index in [1.807, 2.05) is 11.8 Å². The van der Waals surface area contributed by atoms with Crippen molar-refractivity contribution < 1.29 is 18.8 Å². The number of nitrogens with zero attached hydrogens (tertiary/aromatic N) is 3. The Morgan fingerprint density at radius 1 is 1.57 bits per heavy atom. The second-order valence-electron chi connectivity index (χ2n) is 5.36. The van der Waals surface area contributed by atoms with Gasteiger partial charge in [0.05, 0.1) is 12.8 Å². The first kappa shape index (κ1) is 13.8. The number of hydrogen-bond acceptors (Lipinski definition) is 6. The highest BCUT2D eigenvalue weighted by molar-refractivity contribution is 5.74. The minimum absolute atomic E-state index is 0.115. The number of piperidine rings is 1. The predicted molar refractivity (Wildman–Crippen MR) is 72.2 cm³/mol. The Kier molecular flexibility index (Phi) is 3.74. The van der Waals surface area contributed by atoms with E-state index in [0.717, 1.165) is 19.4 Å². The van der Waals surface area contributed by atoms with Crippen LogP contribution < -0.4 is 0 Å². The molecule has 2 atom stereocenters. The van der Waals surface area contributed by atoms with E-state index in [9.17, 15) is 9.90 Å². The van der Waals surface area contributed by atoms with Gasteiger partial charge in [0.2, 0.25) is 11.7 Å². The Balaban J connectivity index is 1.75. The average Bonchev–Trinajstić information content (AvgIpc) is 3.08. The van der Waals surface area contributed by atoms with Gasteiger partial charge in [-0.25, -0.2) is 0 Å². The smallest absolute Gasteiger partial charge is 0.321 e. The van der Waals surface area contributed by atoms with Crippen LogP contribution in [-0.4, -0.2) is 38.7 Å². The zero-order chi connectivity index (χ0) is 14.8. The first-order chi connectivity index (χ1) is 10.1. The molecule has 0 aromatic carbocycles. The number of carboxylic acid groups (broad SMARTS) is 1. The minimum Gasteiger partial charge on any atom is -0.480 e. The van der Waals surface area contributed by atoms with Gasteiger partial charge in [0.25, 0.3) is 0 Å². The van der Waals surface area contributed by atoms with E-state index < -0.39 is 12.0 Å². The SMILES string of the molecule is CC1CCCN(Cc2nc(-c3ccco3)no2)C1C(=O)O. The zero-order valence-electron chi connectivity index (χ0n) is 11.7. The minimum atomic E-state index is -0.798. The Labute approximate surface area is 121 Å². The summed E-state index contributed by atoms with van der Waals surface area (Å²) >= 11 is 0. The lowest BCUT2D eigenvalue weighted by Gasteiger charge is -2.36. The monoisotopic (exact) mass is 291 g/mol. The summed E-state index contributed by atoms with van der Waals surface area (Å²) in [5.41, 5.74) is 0. The van der Waals surface area contributed by atoms with Gasteiger partial charge in [-0.15, -0.1) is 0 Å². The second-order valence-corrected chi connectivity index (χ2v) is 5.36. The van der Waals surface area contributed by atoms with E-state index in [1.54, 1.807) is 12.1 Å². The van der Waals surface area contributed by atoms with Crippen molar-refractivity contribution >= 4 is 5.97 Å². The summed E-state index contributed by atoms with van der Waals surface area (Å²) < 4.78 is 10.4. The van der Waals surface area contributed by atoms with E-state index in [-0.39, 0.29) is 5.92 Å². The van der Waals surface area contributed by atoms with Gasteiger partial charge in [-0.3, -0.25) is 9.69 Å². The van der Waals surface area contributed by atoms with Crippen LogP contribution in [0.1, 0.15) is 25.7 Å². The molecule has 21 heavy (non-hydrogen) atoms. The predicted octanol–water partition coefficient (Wildman–Crippen LogP) is 2.01. The van der Waals surface area contributed by atoms with Crippen molar-refractivity contribution in [1.82, 2.24) is 15.0 Å². The van der Waals surface area contributed by atoms with Crippen molar-refractivity contribution in [3.05, 3.63) is 24.3 Å². The first-order valence-corrected chi connectivity index (χ1v) is 6.98. The molecular weight excluding hydrogens is 274 g/mol. The molecule has 7 heteroatoms. The van der Waals surface area contributed by atoms with E-state index in [2.05, 4.69) is 10.1 Å². The van der Waals surface area contributed by atoms with Crippen LogP contribution in [0.15, 0.2) is 27.3 Å². The maximum atomic E-state index is 11.4. The van der Waals surface area contributed by atoms with Gasteiger partial charge < -0.3 is 14.0 Å². The molecule has 3 heterocycles. The molecule has 1 fully saturated rings. The highest BCUT2D eigenvalue weighted by Crippen LogP contribution is 2.25. The van der Waals surface area contributed by atoms with Crippen LogP contribution >= 0.6 is 0 Å². The van der Waals surface area contributed by atoms with Crippen LogP contribution in [0.2, 0.25) is 0 Å². The summed E-state index contributed by atoms with van der Waals surface area (Å²) in [6, 6.07) is 2.99. The van der Waals surface area contributed by atoms with Gasteiger partial charge >= 0.3 is 5.97 Å². The molecule has 1 aliphatic heterocycles. The normalized spacial score (nSPS) is 23.3. The highest BCUT2D eigenvalue weighted by Gasteiger charge is 2.35. The quantitative estimate of drug-likeness (QED) is 0.921. The molecule has 1 aliphatic rings. The molecule has 0 bridgehead atoms. The van der Waals surface area contributed by atoms with Crippen molar-refractivity contribution in [3.8, 4) is 11.6 Å². The molecule has 2 aromatic heterocycles. The number of aromatic nitrogens is 2. The third-order valence-electron chi connectivity index (χ3n) is 3.84. The molecule has 2 aromatic rings. The topological polar surface area (TPSA) is 92.6 Å². The van der Waals surface area contributed by atoms with E-state index in [4.69, 9.17) is 8.94 Å². The Morgan fingerprint density at radius 3 is 3.14 bits per heavy atom. The molecule has 2 unspecified atom stereocenters. The molecule has 3 rings (SSSR count). The molecule has 0 radical (unpaired) electrons. The third-order valence-corrected chi connectivity index (χ3v) is 3.84. The summed E-state index contributed by atoms with van der Waals surface area (Å²) in [6.07, 6.45) is 3.44. The Morgan fingerprint density at radius 2 is 2.43 bits per heavy atom. The number of carboxylic acids is 1. The maximum absolute atomic E-state index is 11.4. The van der Waals surface area contributed by atoms with Gasteiger partial charge in [-0.1, -0.05) is 12.1 Å². The standard InChI is InChI=1S/C14H17N3O4/c1-9-4-2-6-17(12(9)14(18)19)8-11-15-13(16-21-11)10-5-3-7-20-10/h3,5,7,9,12H,2,4,6,8H2,1H3,(H,18,19). The summed E-state index contributed by atoms with van der Waals surface area (Å²) in [7, 11) is 0. The van der Waals surface area contributed by atoms with Crippen LogP contribution in [0, 0.1) is 5.92 Å². The van der Waals surface area contributed by atoms with Gasteiger partial charge in [-0.05, 0) is 37.4 Å². The maximum Gasteiger partial charge on any atom is 0.321 e. The van der Waals surface area contributed by atoms with Crippen LogP contribution in [0.5, 0.6) is 0 Å². The van der Waals surface area contributed by atoms with Gasteiger partial charge in [0.1, 0.15) is 6.04 Å². The summed E-state index contributed by atoms with van der Waals surface area (Å²) in [6.45, 7) is 3.03. The Bertz CT molecular complexity index is 608. The summed E-state index contributed by atoms with van der Waals surface area (Å²) in [5, 5.41) is 13.2. The van der Waals surface area contributed by atoms with Crippen molar-refractivity contribution in [2.24, 2.45) is 5.92 Å². The molecule has 0 aliphatic carbocycles. The third kappa shape index (κ3) is 2.82. The number of aliphatic carboxylic acids is 1. The molecule has 1 N–H and O–H groups in total. The average molecular weight is 291 g/mol. The number of carbonyl (C=O) groups is 1. The lowest BCUT2D eigenvalue weighted by Crippen LogP contribution is -2.48. The van der Waals surface area contributed by atoms with Gasteiger partial charge in [0, 0.05) is 0 Å². The first-order valence-electron chi connectivity index (χ1n) is 6.98. The largest absolute Gasteiger partial charge is 0.480 e. The summed E-state index contributed by atoms with van der Waals surface area (Å²) in [4.78, 5) is 17.6. The van der Waals surface area contributed by atoms with Crippen molar-refractivity contribution in [2.45, 2.75) is 32.4 Å². The van der Waals surface area contributed by atoms with Crippen LogP contribution in [-0.2, 0) is 11.3 Å². The molecule has 0 spiro atoms. The zero-order valence-corrected chi connectivity index (χ0v) is 11.7. The number of hydrogen-bond donors (Lipinski definition) is 1. The van der Waals surface area contributed by atoms with Crippen molar-refractivity contribution in [1.29, 1.82) is 0 Å². The number of likely N-dealkylation sites (tertiary alicyclic amines) is 1. The fourth-order valence-corrected chi connectivity index (χ4v) is 2.85. The van der Waals surface area contributed by atoms with Gasteiger partial charge in [-0.2, -0.15) is 4.98 Å². The fourth-order valence-electron chi connectivity index (χ4n) is 2.85. The molecule has 0 amide bonds. The molecule has 112 valence electrons. The molecular formula is C14H17N3O4. The molecule has 1 saturated heterocycles. The molecule has 0 saturated carbocycles. The fraction of sp³-hybridized carbons (Fsp3) is 0.500. The van der Waals surface area contributed by atoms with Gasteiger partial charge in [0.15, 0.2) is 5.76 Å². The lowest BCUT2D eigenvalue weighted by molar-refractivity contribution is -0.147. The van der Waals surface area contributed by atoms with E-state index in [1.165, 1.54) is 6.26 Å². The lowest BCUT2D eigenvalue weighted by atomic mass is 9.91. The van der Waals surface area contributed by atoms with E-state index >= 15 is 0 Å². The summed E-state index contributed by atoms with van der Waals surface area (Å²) in [5.74, 6) is 0.636. The van der Waals surface area contributed by atoms with Crippen LogP contribution in [0.25, 0.3) is 11.6 Å². The Hall–Kier alpha value is -2.15. The van der Waals surface area contributed by atoms with Crippen LogP contribution in [0.3, 0.4) is 0 Å².